The van der Waals surface area contributed by atoms with Gasteiger partial charge in [-0.15, -0.1) is 0 Å². The lowest BCUT2D eigenvalue weighted by molar-refractivity contribution is -0.137. The summed E-state index contributed by atoms with van der Waals surface area (Å²) in [7, 11) is 1.85. The highest BCUT2D eigenvalue weighted by molar-refractivity contribution is 6.16. The molecule has 4 nitrogen and oxygen atoms in total. The van der Waals surface area contributed by atoms with Gasteiger partial charge in [0.2, 0.25) is 0 Å². The molecule has 0 radical (unpaired) electrons. The predicted octanol–water partition coefficient (Wildman–Crippen LogP) is 5.41. The van der Waals surface area contributed by atoms with E-state index in [4.69, 9.17) is 0 Å². The van der Waals surface area contributed by atoms with Gasteiger partial charge in [-0.25, -0.2) is 9.97 Å². The van der Waals surface area contributed by atoms with Gasteiger partial charge in [0.15, 0.2) is 0 Å². The average molecular weight is 396 g/mol. The van der Waals surface area contributed by atoms with Crippen molar-refractivity contribution in [2.75, 3.05) is 18.0 Å². The molecule has 3 heterocycles. The van der Waals surface area contributed by atoms with Crippen LogP contribution in [0.1, 0.15) is 18.4 Å². The minimum Gasteiger partial charge on any atom is -0.356 e. The highest BCUT2D eigenvalue weighted by Crippen LogP contribution is 2.43. The summed E-state index contributed by atoms with van der Waals surface area (Å²) in [6.45, 7) is 1.86. The molecule has 0 bridgehead atoms. The van der Waals surface area contributed by atoms with Crippen molar-refractivity contribution in [3.8, 4) is 11.1 Å². The zero-order valence-electron chi connectivity index (χ0n) is 15.9. The van der Waals surface area contributed by atoms with Crippen LogP contribution in [-0.4, -0.2) is 27.6 Å². The van der Waals surface area contributed by atoms with E-state index in [0.29, 0.717) is 11.1 Å². The number of alkyl halides is 3. The van der Waals surface area contributed by atoms with E-state index in [1.807, 2.05) is 23.9 Å². The van der Waals surface area contributed by atoms with Gasteiger partial charge >= 0.3 is 6.18 Å². The molecule has 1 saturated heterocycles. The topological polar surface area (TPSA) is 34.0 Å². The first kappa shape index (κ1) is 18.0. The number of anilines is 1. The number of hydrogen-bond acceptors (Lipinski definition) is 3. The maximum atomic E-state index is 13.7. The molecule has 0 atom stereocenters. The smallest absolute Gasteiger partial charge is 0.356 e. The van der Waals surface area contributed by atoms with Gasteiger partial charge in [-0.1, -0.05) is 18.2 Å². The summed E-state index contributed by atoms with van der Waals surface area (Å²) < 4.78 is 43.0. The molecule has 0 aliphatic carbocycles. The molecule has 5 rings (SSSR count). The van der Waals surface area contributed by atoms with Crippen LogP contribution < -0.4 is 4.90 Å². The van der Waals surface area contributed by atoms with Crippen LogP contribution in [0, 0.1) is 0 Å². The van der Waals surface area contributed by atoms with Gasteiger partial charge in [0, 0.05) is 37.3 Å². The van der Waals surface area contributed by atoms with E-state index in [1.165, 1.54) is 18.5 Å². The molecule has 1 aliphatic heterocycles. The summed E-state index contributed by atoms with van der Waals surface area (Å²) in [4.78, 5) is 11.2. The molecule has 1 fully saturated rings. The number of halogens is 3. The van der Waals surface area contributed by atoms with Crippen LogP contribution in [0.2, 0.25) is 0 Å². The van der Waals surface area contributed by atoms with Crippen LogP contribution >= 0.6 is 0 Å². The molecule has 0 unspecified atom stereocenters. The fraction of sp³-hybridized carbons (Fsp3) is 0.273. The quantitative estimate of drug-likeness (QED) is 0.454. The Hall–Kier alpha value is -3.09. The van der Waals surface area contributed by atoms with Crippen molar-refractivity contribution in [1.82, 2.24) is 14.5 Å². The van der Waals surface area contributed by atoms with E-state index in [-0.39, 0.29) is 5.56 Å². The lowest BCUT2D eigenvalue weighted by atomic mass is 9.95. The van der Waals surface area contributed by atoms with Crippen molar-refractivity contribution in [2.24, 2.45) is 7.05 Å². The Kier molecular flexibility index (Phi) is 4.01. The Morgan fingerprint density at radius 2 is 1.72 bits per heavy atom. The third-order valence-electron chi connectivity index (χ3n) is 5.66. The molecule has 2 aromatic heterocycles. The first-order valence-electron chi connectivity index (χ1n) is 9.59. The molecule has 4 aromatic rings. The molecule has 7 heteroatoms. The number of benzene rings is 2. The molecule has 1 aliphatic rings. The van der Waals surface area contributed by atoms with Crippen LogP contribution in [0.5, 0.6) is 0 Å². The lowest BCUT2D eigenvalue weighted by Gasteiger charge is -2.20. The van der Waals surface area contributed by atoms with E-state index in [9.17, 15) is 13.2 Å². The van der Waals surface area contributed by atoms with Crippen molar-refractivity contribution >= 4 is 27.6 Å². The molecule has 0 amide bonds. The Labute approximate surface area is 165 Å². The fourth-order valence-electron chi connectivity index (χ4n) is 4.37. The summed E-state index contributed by atoms with van der Waals surface area (Å²) in [5.41, 5.74) is 1.46. The van der Waals surface area contributed by atoms with Crippen molar-refractivity contribution in [3.63, 3.8) is 0 Å². The van der Waals surface area contributed by atoms with E-state index in [2.05, 4.69) is 14.9 Å². The zero-order chi connectivity index (χ0) is 20.2. The number of aryl methyl sites for hydroxylation is 1. The van der Waals surface area contributed by atoms with Gasteiger partial charge in [-0.2, -0.15) is 13.2 Å². The van der Waals surface area contributed by atoms with E-state index >= 15 is 0 Å². The second-order valence-corrected chi connectivity index (χ2v) is 7.44. The number of nitrogens with zero attached hydrogens (tertiary/aromatic N) is 4. The third-order valence-corrected chi connectivity index (χ3v) is 5.66. The SMILES string of the molecule is Cn1ccc2c3c(N4CCCC4)ncnc3cc(-c3ccccc3C(F)(F)F)c21. The maximum Gasteiger partial charge on any atom is 0.417 e. The van der Waals surface area contributed by atoms with Crippen LogP contribution in [0.25, 0.3) is 32.9 Å². The Balaban J connectivity index is 1.87. The highest BCUT2D eigenvalue weighted by Gasteiger charge is 2.34. The van der Waals surface area contributed by atoms with Crippen LogP contribution in [0.15, 0.2) is 48.9 Å². The Bertz CT molecular complexity index is 1220. The van der Waals surface area contributed by atoms with Gasteiger partial charge in [0.1, 0.15) is 12.1 Å². The van der Waals surface area contributed by atoms with Gasteiger partial charge in [-0.05, 0) is 36.6 Å². The van der Waals surface area contributed by atoms with E-state index in [0.717, 1.165) is 54.1 Å². The van der Waals surface area contributed by atoms with Gasteiger partial charge in [0.05, 0.1) is 22.0 Å². The van der Waals surface area contributed by atoms with Crippen molar-refractivity contribution in [3.05, 3.63) is 54.5 Å². The molecule has 148 valence electrons. The second kappa shape index (κ2) is 6.47. The molecular weight excluding hydrogens is 377 g/mol. The largest absolute Gasteiger partial charge is 0.417 e. The maximum absolute atomic E-state index is 13.7. The van der Waals surface area contributed by atoms with Crippen LogP contribution in [0.4, 0.5) is 19.0 Å². The third kappa shape index (κ3) is 2.84. The summed E-state index contributed by atoms with van der Waals surface area (Å²) in [5, 5.41) is 1.78. The molecular formula is C22H19F3N4. The molecule has 2 aromatic carbocycles. The standard InChI is InChI=1S/C22H19F3N4/c1-28-11-8-15-19-18(26-13-27-21(19)29-9-4-5-10-29)12-16(20(15)28)14-6-2-3-7-17(14)22(23,24)25/h2-3,6-8,11-13H,4-5,9-10H2,1H3. The molecule has 29 heavy (non-hydrogen) atoms. The normalized spacial score (nSPS) is 15.0. The lowest BCUT2D eigenvalue weighted by Crippen LogP contribution is -2.19. The number of hydrogen-bond donors (Lipinski definition) is 0. The molecule has 0 N–H and O–H groups in total. The predicted molar refractivity (Wildman–Crippen MR) is 108 cm³/mol. The monoisotopic (exact) mass is 396 g/mol. The fourth-order valence-corrected chi connectivity index (χ4v) is 4.37. The average Bonchev–Trinajstić information content (AvgIpc) is 3.37. The van der Waals surface area contributed by atoms with E-state index in [1.54, 1.807) is 12.1 Å². The summed E-state index contributed by atoms with van der Waals surface area (Å²) in [6.07, 6.45) is 1.17. The van der Waals surface area contributed by atoms with Crippen LogP contribution in [-0.2, 0) is 13.2 Å². The number of aromatic nitrogens is 3. The van der Waals surface area contributed by atoms with Crippen molar-refractivity contribution < 1.29 is 13.2 Å². The minimum absolute atomic E-state index is 0.162. The summed E-state index contributed by atoms with van der Waals surface area (Å²) >= 11 is 0. The Morgan fingerprint density at radius 1 is 0.966 bits per heavy atom. The van der Waals surface area contributed by atoms with Crippen LogP contribution in [0.3, 0.4) is 0 Å². The highest BCUT2D eigenvalue weighted by atomic mass is 19.4. The minimum atomic E-state index is -4.44. The van der Waals surface area contributed by atoms with Gasteiger partial charge < -0.3 is 9.47 Å². The zero-order valence-corrected chi connectivity index (χ0v) is 15.9. The molecule has 0 saturated carbocycles. The van der Waals surface area contributed by atoms with Crippen molar-refractivity contribution in [1.29, 1.82) is 0 Å². The summed E-state index contributed by atoms with van der Waals surface area (Å²) in [6, 6.07) is 9.43. The molecule has 0 spiro atoms. The van der Waals surface area contributed by atoms with E-state index < -0.39 is 11.7 Å². The number of fused-ring (bicyclic) bond motifs is 3. The second-order valence-electron chi connectivity index (χ2n) is 7.44. The Morgan fingerprint density at radius 3 is 2.48 bits per heavy atom. The van der Waals surface area contributed by atoms with Gasteiger partial charge in [0.25, 0.3) is 0 Å². The summed E-state index contributed by atoms with van der Waals surface area (Å²) in [5.74, 6) is 0.861. The first-order valence-corrected chi connectivity index (χ1v) is 9.59. The number of rotatable bonds is 2. The first-order chi connectivity index (χ1) is 13.9. The van der Waals surface area contributed by atoms with Crippen molar-refractivity contribution in [2.45, 2.75) is 19.0 Å². The van der Waals surface area contributed by atoms with Gasteiger partial charge in [-0.3, -0.25) is 0 Å².